The van der Waals surface area contributed by atoms with Gasteiger partial charge in [-0.05, 0) is 45.3 Å². The van der Waals surface area contributed by atoms with Crippen molar-refractivity contribution in [1.82, 2.24) is 0 Å². The van der Waals surface area contributed by atoms with E-state index in [0.717, 1.165) is 14.9 Å². The number of esters is 1. The van der Waals surface area contributed by atoms with Crippen LogP contribution in [0.5, 0.6) is 0 Å². The maximum atomic E-state index is 12.5. The van der Waals surface area contributed by atoms with Gasteiger partial charge >= 0.3 is 5.97 Å². The van der Waals surface area contributed by atoms with Gasteiger partial charge in [0.1, 0.15) is 5.92 Å². The van der Waals surface area contributed by atoms with Crippen LogP contribution >= 0.6 is 38.9 Å². The van der Waals surface area contributed by atoms with E-state index in [1.54, 1.807) is 12.1 Å². The zero-order valence-corrected chi connectivity index (χ0v) is 14.1. The van der Waals surface area contributed by atoms with Crippen LogP contribution in [0.15, 0.2) is 34.1 Å². The second kappa shape index (κ2) is 5.55. The normalized spacial score (nSPS) is 20.4. The van der Waals surface area contributed by atoms with Gasteiger partial charge in [-0.2, -0.15) is 0 Å². The fraction of sp³-hybridized carbons (Fsp3) is 0.200. The van der Waals surface area contributed by atoms with Crippen LogP contribution in [0.25, 0.3) is 0 Å². The monoisotopic (exact) mass is 384 g/mol. The summed E-state index contributed by atoms with van der Waals surface area (Å²) < 4.78 is 5.70. The van der Waals surface area contributed by atoms with E-state index in [2.05, 4.69) is 15.9 Å². The Morgan fingerprint density at radius 1 is 1.33 bits per heavy atom. The zero-order chi connectivity index (χ0) is 15.1. The zero-order valence-electron chi connectivity index (χ0n) is 10.9. The summed E-state index contributed by atoms with van der Waals surface area (Å²) in [5, 5.41) is 0.615. The number of rotatable bonds is 2. The third-order valence-corrected chi connectivity index (χ3v) is 5.51. The summed E-state index contributed by atoms with van der Waals surface area (Å²) >= 11 is 10.7. The van der Waals surface area contributed by atoms with Crippen LogP contribution in [0.2, 0.25) is 5.02 Å². The third kappa shape index (κ3) is 2.43. The number of ether oxygens (including phenoxy) is 1. The lowest BCUT2D eigenvalue weighted by Crippen LogP contribution is -2.26. The van der Waals surface area contributed by atoms with Crippen LogP contribution < -0.4 is 0 Å². The molecule has 21 heavy (non-hydrogen) atoms. The molecule has 0 saturated heterocycles. The second-order valence-electron chi connectivity index (χ2n) is 4.73. The van der Waals surface area contributed by atoms with Gasteiger partial charge < -0.3 is 4.74 Å². The Balaban J connectivity index is 2.14. The minimum absolute atomic E-state index is 0.174. The van der Waals surface area contributed by atoms with Gasteiger partial charge in [0.25, 0.3) is 0 Å². The Bertz CT molecular complexity index is 723. The molecule has 1 aromatic carbocycles. The molecule has 2 atom stereocenters. The summed E-state index contributed by atoms with van der Waals surface area (Å²) in [6, 6.07) is 9.11. The van der Waals surface area contributed by atoms with E-state index in [-0.39, 0.29) is 11.7 Å². The topological polar surface area (TPSA) is 43.4 Å². The number of ketones is 1. The first-order valence-corrected chi connectivity index (χ1v) is 8.18. The van der Waals surface area contributed by atoms with Crippen molar-refractivity contribution in [3.63, 3.8) is 0 Å². The largest absolute Gasteiger partial charge is 0.468 e. The number of methoxy groups -OCH3 is 1. The van der Waals surface area contributed by atoms with Gasteiger partial charge in [0.15, 0.2) is 5.78 Å². The van der Waals surface area contributed by atoms with E-state index in [1.807, 2.05) is 18.2 Å². The van der Waals surface area contributed by atoms with Crippen LogP contribution in [-0.2, 0) is 9.53 Å². The molecule has 1 aromatic heterocycles. The van der Waals surface area contributed by atoms with Gasteiger partial charge in [0, 0.05) is 10.9 Å². The predicted octanol–water partition coefficient (Wildman–Crippen LogP) is 4.28. The van der Waals surface area contributed by atoms with Crippen molar-refractivity contribution < 1.29 is 14.3 Å². The van der Waals surface area contributed by atoms with Crippen LogP contribution in [0, 0.1) is 5.92 Å². The van der Waals surface area contributed by atoms with Crippen molar-refractivity contribution in [2.45, 2.75) is 5.92 Å². The number of fused-ring (bicyclic) bond motifs is 1. The summed E-state index contributed by atoms with van der Waals surface area (Å²) in [6.45, 7) is 0. The number of hydrogen-bond acceptors (Lipinski definition) is 4. The number of hydrogen-bond donors (Lipinski definition) is 0. The minimum Gasteiger partial charge on any atom is -0.468 e. The van der Waals surface area contributed by atoms with E-state index in [0.29, 0.717) is 9.90 Å². The lowest BCUT2D eigenvalue weighted by atomic mass is 9.86. The summed E-state index contributed by atoms with van der Waals surface area (Å²) in [5.74, 6) is -1.81. The first-order valence-electron chi connectivity index (χ1n) is 6.19. The van der Waals surface area contributed by atoms with Crippen molar-refractivity contribution in [1.29, 1.82) is 0 Å². The lowest BCUT2D eigenvalue weighted by Gasteiger charge is -2.17. The van der Waals surface area contributed by atoms with E-state index in [9.17, 15) is 9.59 Å². The molecule has 3 rings (SSSR count). The van der Waals surface area contributed by atoms with Crippen molar-refractivity contribution >= 4 is 50.6 Å². The number of benzene rings is 1. The van der Waals surface area contributed by atoms with Gasteiger partial charge in [-0.3, -0.25) is 9.59 Å². The van der Waals surface area contributed by atoms with E-state index >= 15 is 0 Å². The molecule has 3 nitrogen and oxygen atoms in total. The minimum atomic E-state index is -0.814. The SMILES string of the molecule is COC(=O)[C@@H]1C(=O)c2sc(Br)cc2C1c1ccc(Cl)cc1. The van der Waals surface area contributed by atoms with Gasteiger partial charge in [0.05, 0.1) is 15.8 Å². The Labute approximate surface area is 139 Å². The van der Waals surface area contributed by atoms with Crippen LogP contribution in [-0.4, -0.2) is 18.9 Å². The van der Waals surface area contributed by atoms with Crippen molar-refractivity contribution in [2.75, 3.05) is 7.11 Å². The van der Waals surface area contributed by atoms with Crippen LogP contribution in [0.4, 0.5) is 0 Å². The quantitative estimate of drug-likeness (QED) is 0.572. The molecule has 0 fully saturated rings. The molecule has 0 aliphatic heterocycles. The maximum absolute atomic E-state index is 12.5. The number of carbonyl (C=O) groups excluding carboxylic acids is 2. The molecule has 6 heteroatoms. The molecular weight excluding hydrogens is 376 g/mol. The fourth-order valence-corrected chi connectivity index (χ4v) is 4.45. The highest BCUT2D eigenvalue weighted by atomic mass is 79.9. The highest BCUT2D eigenvalue weighted by Crippen LogP contribution is 2.47. The van der Waals surface area contributed by atoms with Crippen LogP contribution in [0.1, 0.15) is 26.7 Å². The molecule has 1 aliphatic carbocycles. The highest BCUT2D eigenvalue weighted by Gasteiger charge is 2.47. The van der Waals surface area contributed by atoms with E-state index in [1.165, 1.54) is 18.4 Å². The van der Waals surface area contributed by atoms with E-state index in [4.69, 9.17) is 16.3 Å². The molecule has 2 aromatic rings. The molecule has 0 N–H and O–H groups in total. The Morgan fingerprint density at radius 2 is 2.00 bits per heavy atom. The molecule has 1 unspecified atom stereocenters. The first kappa shape index (κ1) is 14.8. The summed E-state index contributed by atoms with van der Waals surface area (Å²) in [6.07, 6.45) is 0. The predicted molar refractivity (Wildman–Crippen MR) is 85.2 cm³/mol. The molecule has 0 radical (unpaired) electrons. The lowest BCUT2D eigenvalue weighted by molar-refractivity contribution is -0.143. The molecule has 1 aliphatic rings. The Morgan fingerprint density at radius 3 is 2.62 bits per heavy atom. The standard InChI is InChI=1S/C15H10BrClO3S/c1-20-15(19)12-11(7-2-4-8(17)5-3-7)9-6-10(16)21-14(9)13(12)18/h2-6,11-12H,1H3/t11?,12-/m0/s1. The summed E-state index contributed by atoms with van der Waals surface area (Å²) in [5.41, 5.74) is 1.75. The molecule has 0 amide bonds. The molecule has 0 bridgehead atoms. The number of Topliss-reactive ketones (excluding diaryl/α,β-unsaturated/α-hetero) is 1. The number of thiophene rings is 1. The van der Waals surface area contributed by atoms with Crippen LogP contribution in [0.3, 0.4) is 0 Å². The molecule has 108 valence electrons. The Kier molecular flexibility index (Phi) is 3.90. The first-order chi connectivity index (χ1) is 10.0. The number of halogens is 2. The second-order valence-corrected chi connectivity index (χ2v) is 7.60. The van der Waals surface area contributed by atoms with Gasteiger partial charge in [-0.15, -0.1) is 11.3 Å². The van der Waals surface area contributed by atoms with Gasteiger partial charge in [0.2, 0.25) is 0 Å². The van der Waals surface area contributed by atoms with Crippen molar-refractivity contribution in [3.05, 3.63) is 55.1 Å². The smallest absolute Gasteiger partial charge is 0.317 e. The Hall–Kier alpha value is -1.17. The van der Waals surface area contributed by atoms with Gasteiger partial charge in [-0.25, -0.2) is 0 Å². The molecule has 0 spiro atoms. The fourth-order valence-electron chi connectivity index (χ4n) is 2.68. The van der Waals surface area contributed by atoms with Crippen molar-refractivity contribution in [2.24, 2.45) is 5.92 Å². The number of carbonyl (C=O) groups is 2. The summed E-state index contributed by atoms with van der Waals surface area (Å²) in [4.78, 5) is 25.2. The molecule has 0 saturated carbocycles. The van der Waals surface area contributed by atoms with Crippen molar-refractivity contribution in [3.8, 4) is 0 Å². The third-order valence-electron chi connectivity index (χ3n) is 3.59. The maximum Gasteiger partial charge on any atom is 0.317 e. The van der Waals surface area contributed by atoms with Gasteiger partial charge in [-0.1, -0.05) is 23.7 Å². The average Bonchev–Trinajstić information content (AvgIpc) is 2.96. The molecule has 1 heterocycles. The highest BCUT2D eigenvalue weighted by molar-refractivity contribution is 9.11. The average molecular weight is 386 g/mol. The summed E-state index contributed by atoms with van der Waals surface area (Å²) in [7, 11) is 1.30. The van der Waals surface area contributed by atoms with E-state index < -0.39 is 11.9 Å². The molecular formula is C15H10BrClO3S.